The minimum atomic E-state index is -0.127. The van der Waals surface area contributed by atoms with Crippen LogP contribution in [0.15, 0.2) is 24.4 Å². The van der Waals surface area contributed by atoms with Gasteiger partial charge < -0.3 is 4.74 Å². The molecule has 5 rings (SSSR count). The van der Waals surface area contributed by atoms with Gasteiger partial charge in [-0.05, 0) is 54.5 Å². The Balaban J connectivity index is 1.76. The number of nitrogens with zero attached hydrogens (tertiary/aromatic N) is 3. The average Bonchev–Trinajstić information content (AvgIpc) is 3.23. The van der Waals surface area contributed by atoms with Crippen molar-refractivity contribution in [1.29, 1.82) is 0 Å². The van der Waals surface area contributed by atoms with Crippen LogP contribution < -0.4 is 4.74 Å². The van der Waals surface area contributed by atoms with Crippen molar-refractivity contribution < 1.29 is 9.13 Å². The monoisotopic (exact) mass is 379 g/mol. The molecule has 0 saturated carbocycles. The largest absolute Gasteiger partial charge is 0.480 e. The Morgan fingerprint density at radius 1 is 1.11 bits per heavy atom. The summed E-state index contributed by atoms with van der Waals surface area (Å²) in [4.78, 5) is 13.8. The van der Waals surface area contributed by atoms with Crippen LogP contribution in [0, 0.1) is 18.7 Å². The Hall–Kier alpha value is -2.60. The van der Waals surface area contributed by atoms with E-state index in [9.17, 15) is 4.39 Å². The number of aryl methyl sites for hydroxylation is 1. The zero-order valence-electron chi connectivity index (χ0n) is 15.3. The van der Waals surface area contributed by atoms with Crippen molar-refractivity contribution in [2.75, 3.05) is 7.11 Å². The van der Waals surface area contributed by atoms with Crippen LogP contribution in [0.1, 0.15) is 23.6 Å². The van der Waals surface area contributed by atoms with E-state index < -0.39 is 0 Å². The number of ether oxygens (including phenoxy) is 1. The summed E-state index contributed by atoms with van der Waals surface area (Å²) in [6.45, 7) is 4.20. The molecule has 0 N–H and O–H groups in total. The number of aromatic nitrogens is 3. The van der Waals surface area contributed by atoms with Crippen LogP contribution in [0.4, 0.5) is 4.39 Å². The molecule has 0 radical (unpaired) electrons. The third-order valence-corrected chi connectivity index (χ3v) is 6.32. The van der Waals surface area contributed by atoms with Gasteiger partial charge in [-0.1, -0.05) is 6.92 Å². The smallest absolute Gasteiger partial charge is 0.232 e. The summed E-state index contributed by atoms with van der Waals surface area (Å²) in [5, 5.41) is 0.852. The van der Waals surface area contributed by atoms with Gasteiger partial charge in [0.15, 0.2) is 0 Å². The van der Waals surface area contributed by atoms with Crippen LogP contribution in [-0.4, -0.2) is 22.1 Å². The lowest BCUT2D eigenvalue weighted by Gasteiger charge is -2.06. The zero-order chi connectivity index (χ0) is 18.7. The highest BCUT2D eigenvalue weighted by Crippen LogP contribution is 2.41. The first-order valence-corrected chi connectivity index (χ1v) is 9.77. The van der Waals surface area contributed by atoms with Crippen LogP contribution in [0.2, 0.25) is 0 Å². The van der Waals surface area contributed by atoms with Crippen molar-refractivity contribution in [2.24, 2.45) is 5.92 Å². The summed E-state index contributed by atoms with van der Waals surface area (Å²) in [6, 6.07) is 5.64. The van der Waals surface area contributed by atoms with Crippen molar-refractivity contribution in [2.45, 2.75) is 26.7 Å². The number of hydrogen-bond donors (Lipinski definition) is 0. The minimum absolute atomic E-state index is 0.127. The van der Waals surface area contributed by atoms with E-state index in [1.165, 1.54) is 0 Å². The maximum atomic E-state index is 14.5. The first-order chi connectivity index (χ1) is 13.0. The van der Waals surface area contributed by atoms with E-state index in [2.05, 4.69) is 23.0 Å². The average molecular weight is 379 g/mol. The Bertz CT molecular complexity index is 1220. The molecule has 2 aromatic carbocycles. The molecule has 2 aromatic heterocycles. The normalized spacial score (nSPS) is 16.2. The molecule has 4 nitrogen and oxygen atoms in total. The third-order valence-electron chi connectivity index (χ3n) is 5.16. The van der Waals surface area contributed by atoms with Crippen molar-refractivity contribution >= 4 is 32.6 Å². The van der Waals surface area contributed by atoms with Crippen LogP contribution in [0.5, 0.6) is 5.88 Å². The minimum Gasteiger partial charge on any atom is -0.480 e. The van der Waals surface area contributed by atoms with Gasteiger partial charge in [0.05, 0.1) is 34.6 Å². The number of benzene rings is 2. The number of hydrogen-bond acceptors (Lipinski definition) is 5. The van der Waals surface area contributed by atoms with Gasteiger partial charge in [-0.25, -0.2) is 19.3 Å². The second kappa shape index (κ2) is 5.96. The van der Waals surface area contributed by atoms with E-state index in [1.54, 1.807) is 30.7 Å². The van der Waals surface area contributed by atoms with Crippen molar-refractivity contribution in [1.82, 2.24) is 15.0 Å². The summed E-state index contributed by atoms with van der Waals surface area (Å²) >= 11 is 1.62. The molecule has 136 valence electrons. The highest BCUT2D eigenvalue weighted by Gasteiger charge is 2.26. The number of fused-ring (bicyclic) bond motifs is 4. The van der Waals surface area contributed by atoms with Crippen LogP contribution in [0.25, 0.3) is 31.8 Å². The number of thiazole rings is 1. The highest BCUT2D eigenvalue weighted by molar-refractivity contribution is 7.22. The van der Waals surface area contributed by atoms with Gasteiger partial charge in [0, 0.05) is 11.6 Å². The first kappa shape index (κ1) is 16.6. The molecule has 0 saturated heterocycles. The molecule has 2 heterocycles. The standard InChI is InChI=1S/C21H18FN3OS/c1-10-4-12-13(5-10)20-17(8-15(12)22)25-21(27-20)14-6-11(2)7-16-19(14)23-9-18(24-16)26-3/h6-10H,4-5H2,1-3H3/t10-/m1/s1. The van der Waals surface area contributed by atoms with E-state index in [4.69, 9.17) is 9.72 Å². The molecule has 0 fully saturated rings. The predicted molar refractivity (Wildman–Crippen MR) is 106 cm³/mol. The van der Waals surface area contributed by atoms with Gasteiger partial charge in [-0.2, -0.15) is 0 Å². The molecular formula is C21H18FN3OS. The lowest BCUT2D eigenvalue weighted by molar-refractivity contribution is 0.397. The summed E-state index contributed by atoms with van der Waals surface area (Å²) in [5.41, 5.74) is 6.29. The van der Waals surface area contributed by atoms with Crippen LogP contribution >= 0.6 is 11.3 Å². The fraction of sp³-hybridized carbons (Fsp3) is 0.286. The molecule has 0 unspecified atom stereocenters. The maximum absolute atomic E-state index is 14.5. The van der Waals surface area contributed by atoms with E-state index in [0.717, 1.165) is 61.4 Å². The van der Waals surface area contributed by atoms with E-state index in [0.29, 0.717) is 11.8 Å². The van der Waals surface area contributed by atoms with Gasteiger partial charge in [0.1, 0.15) is 10.8 Å². The van der Waals surface area contributed by atoms with Crippen molar-refractivity contribution in [3.8, 4) is 16.5 Å². The molecule has 1 aliphatic rings. The third kappa shape index (κ3) is 2.58. The van der Waals surface area contributed by atoms with E-state index in [-0.39, 0.29) is 5.82 Å². The summed E-state index contributed by atoms with van der Waals surface area (Å²) in [7, 11) is 1.58. The van der Waals surface area contributed by atoms with E-state index in [1.807, 2.05) is 13.0 Å². The Morgan fingerprint density at radius 2 is 1.93 bits per heavy atom. The second-order valence-electron chi connectivity index (χ2n) is 7.29. The number of halogens is 1. The molecule has 6 heteroatoms. The Kier molecular flexibility index (Phi) is 3.65. The first-order valence-electron chi connectivity index (χ1n) is 8.96. The van der Waals surface area contributed by atoms with Gasteiger partial charge in [-0.3, -0.25) is 0 Å². The quantitative estimate of drug-likeness (QED) is 0.486. The fourth-order valence-electron chi connectivity index (χ4n) is 3.96. The summed E-state index contributed by atoms with van der Waals surface area (Å²) in [6.07, 6.45) is 3.34. The SMILES string of the molecule is COc1cnc2c(-c3nc4cc(F)c5c(c4s3)C[C@H](C)C5)cc(C)cc2n1. The van der Waals surface area contributed by atoms with Gasteiger partial charge in [0.2, 0.25) is 5.88 Å². The molecule has 4 aromatic rings. The predicted octanol–water partition coefficient (Wildman–Crippen LogP) is 5.10. The molecule has 0 aliphatic heterocycles. The molecule has 27 heavy (non-hydrogen) atoms. The Labute approximate surface area is 160 Å². The molecular weight excluding hydrogens is 361 g/mol. The highest BCUT2D eigenvalue weighted by atomic mass is 32.1. The molecule has 0 bridgehead atoms. The number of methoxy groups -OCH3 is 1. The second-order valence-corrected chi connectivity index (χ2v) is 8.29. The van der Waals surface area contributed by atoms with Crippen LogP contribution in [-0.2, 0) is 12.8 Å². The maximum Gasteiger partial charge on any atom is 0.232 e. The van der Waals surface area contributed by atoms with Gasteiger partial charge >= 0.3 is 0 Å². The fourth-order valence-corrected chi connectivity index (χ4v) is 5.11. The molecule has 1 atom stereocenters. The molecule has 1 aliphatic carbocycles. The molecule has 0 amide bonds. The lowest BCUT2D eigenvalue weighted by Crippen LogP contribution is -1.93. The summed E-state index contributed by atoms with van der Waals surface area (Å²) < 4.78 is 20.8. The van der Waals surface area contributed by atoms with Crippen molar-refractivity contribution in [3.05, 3.63) is 46.9 Å². The Morgan fingerprint density at radius 3 is 2.74 bits per heavy atom. The zero-order valence-corrected chi connectivity index (χ0v) is 16.2. The van der Waals surface area contributed by atoms with Gasteiger partial charge in [0.25, 0.3) is 0 Å². The van der Waals surface area contributed by atoms with E-state index >= 15 is 0 Å². The van der Waals surface area contributed by atoms with Crippen LogP contribution in [0.3, 0.4) is 0 Å². The van der Waals surface area contributed by atoms with Crippen molar-refractivity contribution in [3.63, 3.8) is 0 Å². The lowest BCUT2D eigenvalue weighted by atomic mass is 10.1. The number of rotatable bonds is 2. The van der Waals surface area contributed by atoms with Gasteiger partial charge in [-0.15, -0.1) is 11.3 Å². The topological polar surface area (TPSA) is 47.9 Å². The summed E-state index contributed by atoms with van der Waals surface area (Å²) in [5.74, 6) is 0.832. The molecule has 0 spiro atoms.